The Hall–Kier alpha value is -0.910. The van der Waals surface area contributed by atoms with Crippen LogP contribution >= 0.6 is 0 Å². The van der Waals surface area contributed by atoms with Crippen LogP contribution in [0.2, 0.25) is 0 Å². The van der Waals surface area contributed by atoms with Crippen LogP contribution in [0.3, 0.4) is 0 Å². The van der Waals surface area contributed by atoms with Crippen LogP contribution in [0.4, 0.5) is 0 Å². The maximum atomic E-state index is 12.1. The average Bonchev–Trinajstić information content (AvgIpc) is 2.29. The van der Waals surface area contributed by atoms with E-state index in [0.29, 0.717) is 6.42 Å². The second kappa shape index (κ2) is 5.62. The van der Waals surface area contributed by atoms with Crippen molar-refractivity contribution in [1.29, 1.82) is 0 Å². The first-order valence-electron chi connectivity index (χ1n) is 5.57. The zero-order valence-electron chi connectivity index (χ0n) is 10.4. The van der Waals surface area contributed by atoms with E-state index in [1.807, 2.05) is 13.8 Å². The molecule has 96 valence electrons. The van der Waals surface area contributed by atoms with E-state index in [1.165, 1.54) is 4.31 Å². The van der Waals surface area contributed by atoms with Crippen LogP contribution in [0.15, 0.2) is 29.2 Å². The fourth-order valence-corrected chi connectivity index (χ4v) is 2.77. The Labute approximate surface area is 103 Å². The summed E-state index contributed by atoms with van der Waals surface area (Å²) in [6.45, 7) is 3.73. The van der Waals surface area contributed by atoms with Gasteiger partial charge >= 0.3 is 0 Å². The van der Waals surface area contributed by atoms with Crippen LogP contribution in [-0.2, 0) is 16.4 Å². The molecule has 1 aromatic rings. The molecule has 0 amide bonds. The fraction of sp³-hybridized carbons (Fsp3) is 0.500. The number of rotatable bonds is 5. The summed E-state index contributed by atoms with van der Waals surface area (Å²) in [4.78, 5) is 0.287. The van der Waals surface area contributed by atoms with Gasteiger partial charge in [-0.05, 0) is 38.0 Å². The van der Waals surface area contributed by atoms with Gasteiger partial charge in [-0.1, -0.05) is 12.1 Å². The highest BCUT2D eigenvalue weighted by molar-refractivity contribution is 7.89. The molecule has 0 spiro atoms. The normalized spacial score (nSPS) is 12.4. The Morgan fingerprint density at radius 3 is 2.18 bits per heavy atom. The van der Waals surface area contributed by atoms with E-state index in [2.05, 4.69) is 0 Å². The standard InChI is InChI=1S/C12H19NO3S/c1-10(2)13(3)17(15,16)12-6-4-11(5-7-12)8-9-14/h4-7,10,14H,8-9H2,1-3H3. The summed E-state index contributed by atoms with van der Waals surface area (Å²) in [6.07, 6.45) is 0.542. The van der Waals surface area contributed by atoms with Crippen LogP contribution < -0.4 is 0 Å². The molecule has 0 heterocycles. The van der Waals surface area contributed by atoms with E-state index >= 15 is 0 Å². The summed E-state index contributed by atoms with van der Waals surface area (Å²) in [5.74, 6) is 0. The first-order chi connectivity index (χ1) is 7.89. The number of sulfonamides is 1. The van der Waals surface area contributed by atoms with Crippen molar-refractivity contribution in [3.8, 4) is 0 Å². The molecule has 0 aliphatic heterocycles. The third-order valence-corrected chi connectivity index (χ3v) is 4.78. The summed E-state index contributed by atoms with van der Waals surface area (Å²) in [5.41, 5.74) is 0.929. The smallest absolute Gasteiger partial charge is 0.243 e. The zero-order chi connectivity index (χ0) is 13.1. The molecule has 1 aromatic carbocycles. The van der Waals surface area contributed by atoms with Crippen molar-refractivity contribution < 1.29 is 13.5 Å². The van der Waals surface area contributed by atoms with Gasteiger partial charge in [0.1, 0.15) is 0 Å². The van der Waals surface area contributed by atoms with Gasteiger partial charge in [0.2, 0.25) is 10.0 Å². The summed E-state index contributed by atoms with van der Waals surface area (Å²) in [7, 11) is -1.83. The Morgan fingerprint density at radius 2 is 1.76 bits per heavy atom. The Morgan fingerprint density at radius 1 is 1.24 bits per heavy atom. The van der Waals surface area contributed by atoms with Gasteiger partial charge in [0.15, 0.2) is 0 Å². The summed E-state index contributed by atoms with van der Waals surface area (Å²) in [6, 6.07) is 6.56. The van der Waals surface area contributed by atoms with Crippen molar-refractivity contribution in [3.05, 3.63) is 29.8 Å². The lowest BCUT2D eigenvalue weighted by atomic mass is 10.2. The molecule has 1 N–H and O–H groups in total. The third kappa shape index (κ3) is 3.28. The SMILES string of the molecule is CC(C)N(C)S(=O)(=O)c1ccc(CCO)cc1. The van der Waals surface area contributed by atoms with E-state index in [1.54, 1.807) is 31.3 Å². The molecule has 0 aliphatic carbocycles. The number of aliphatic hydroxyl groups excluding tert-OH is 1. The van der Waals surface area contributed by atoms with E-state index in [9.17, 15) is 8.42 Å². The van der Waals surface area contributed by atoms with E-state index in [-0.39, 0.29) is 17.5 Å². The Kier molecular flexibility index (Phi) is 4.68. The maximum Gasteiger partial charge on any atom is 0.243 e. The molecule has 0 unspecified atom stereocenters. The van der Waals surface area contributed by atoms with Gasteiger partial charge in [0.05, 0.1) is 4.90 Å². The largest absolute Gasteiger partial charge is 0.396 e. The van der Waals surface area contributed by atoms with Crippen molar-refractivity contribution >= 4 is 10.0 Å². The summed E-state index contributed by atoms with van der Waals surface area (Å²) < 4.78 is 25.6. The molecule has 0 aliphatic rings. The molecule has 0 bridgehead atoms. The number of aliphatic hydroxyl groups is 1. The van der Waals surface area contributed by atoms with Crippen LogP contribution in [0.25, 0.3) is 0 Å². The molecule has 0 saturated carbocycles. The lowest BCUT2D eigenvalue weighted by Gasteiger charge is -2.21. The average molecular weight is 257 g/mol. The van der Waals surface area contributed by atoms with Gasteiger partial charge in [0.25, 0.3) is 0 Å². The lowest BCUT2D eigenvalue weighted by molar-refractivity contribution is 0.299. The molecule has 4 nitrogen and oxygen atoms in total. The summed E-state index contributed by atoms with van der Waals surface area (Å²) in [5, 5.41) is 8.78. The fourth-order valence-electron chi connectivity index (χ4n) is 1.40. The first-order valence-corrected chi connectivity index (χ1v) is 7.01. The highest BCUT2D eigenvalue weighted by Crippen LogP contribution is 2.17. The van der Waals surface area contributed by atoms with Gasteiger partial charge in [-0.25, -0.2) is 8.42 Å². The molecule has 0 atom stereocenters. The molecular formula is C12H19NO3S. The van der Waals surface area contributed by atoms with Crippen LogP contribution in [0, 0.1) is 0 Å². The van der Waals surface area contributed by atoms with Gasteiger partial charge < -0.3 is 5.11 Å². The van der Waals surface area contributed by atoms with Crippen LogP contribution in [-0.4, -0.2) is 37.5 Å². The predicted octanol–water partition coefficient (Wildman–Crippen LogP) is 1.25. The number of nitrogens with zero attached hydrogens (tertiary/aromatic N) is 1. The van der Waals surface area contributed by atoms with Gasteiger partial charge in [-0.3, -0.25) is 0 Å². The monoisotopic (exact) mass is 257 g/mol. The van der Waals surface area contributed by atoms with Gasteiger partial charge in [-0.15, -0.1) is 0 Å². The first kappa shape index (κ1) is 14.2. The molecule has 0 radical (unpaired) electrons. The van der Waals surface area contributed by atoms with E-state index < -0.39 is 10.0 Å². The van der Waals surface area contributed by atoms with Crippen molar-refractivity contribution in [2.45, 2.75) is 31.2 Å². The molecule has 0 aromatic heterocycles. The van der Waals surface area contributed by atoms with E-state index in [0.717, 1.165) is 5.56 Å². The molecule has 0 fully saturated rings. The van der Waals surface area contributed by atoms with Gasteiger partial charge in [-0.2, -0.15) is 4.31 Å². The highest BCUT2D eigenvalue weighted by Gasteiger charge is 2.22. The number of hydrogen-bond acceptors (Lipinski definition) is 3. The van der Waals surface area contributed by atoms with Crippen LogP contribution in [0.5, 0.6) is 0 Å². The van der Waals surface area contributed by atoms with Crippen molar-refractivity contribution in [2.24, 2.45) is 0 Å². The lowest BCUT2D eigenvalue weighted by Crippen LogP contribution is -2.33. The van der Waals surface area contributed by atoms with Crippen LogP contribution in [0.1, 0.15) is 19.4 Å². The second-order valence-electron chi connectivity index (χ2n) is 4.23. The molecule has 0 saturated heterocycles. The highest BCUT2D eigenvalue weighted by atomic mass is 32.2. The number of benzene rings is 1. The Bertz CT molecular complexity index is 451. The van der Waals surface area contributed by atoms with Crippen molar-refractivity contribution in [3.63, 3.8) is 0 Å². The van der Waals surface area contributed by atoms with Gasteiger partial charge in [0, 0.05) is 19.7 Å². The second-order valence-corrected chi connectivity index (χ2v) is 6.23. The third-order valence-electron chi connectivity index (χ3n) is 2.73. The Balaban J connectivity index is 3.00. The predicted molar refractivity (Wildman–Crippen MR) is 67.3 cm³/mol. The zero-order valence-corrected chi connectivity index (χ0v) is 11.2. The molecular weight excluding hydrogens is 238 g/mol. The molecule has 1 rings (SSSR count). The quantitative estimate of drug-likeness (QED) is 0.863. The molecule has 5 heteroatoms. The summed E-state index contributed by atoms with van der Waals surface area (Å²) >= 11 is 0. The number of hydrogen-bond donors (Lipinski definition) is 1. The van der Waals surface area contributed by atoms with Crippen molar-refractivity contribution in [2.75, 3.05) is 13.7 Å². The minimum absolute atomic E-state index is 0.0675. The van der Waals surface area contributed by atoms with E-state index in [4.69, 9.17) is 5.11 Å². The topological polar surface area (TPSA) is 57.6 Å². The maximum absolute atomic E-state index is 12.1. The minimum Gasteiger partial charge on any atom is -0.396 e. The van der Waals surface area contributed by atoms with Crippen molar-refractivity contribution in [1.82, 2.24) is 4.31 Å². The molecule has 17 heavy (non-hydrogen) atoms. The minimum atomic E-state index is -3.40.